The molecule has 0 bridgehead atoms. The van der Waals surface area contributed by atoms with Crippen molar-refractivity contribution in [2.24, 2.45) is 4.99 Å². The van der Waals surface area contributed by atoms with Gasteiger partial charge in [-0.15, -0.1) is 0 Å². The normalized spacial score (nSPS) is 11.5. The maximum absolute atomic E-state index is 13.7. The third kappa shape index (κ3) is 4.32. The zero-order chi connectivity index (χ0) is 17.5. The van der Waals surface area contributed by atoms with Crippen LogP contribution < -0.4 is 10.6 Å². The number of guanidine groups is 1. The van der Waals surface area contributed by atoms with Gasteiger partial charge in [0.25, 0.3) is 0 Å². The molecule has 0 fully saturated rings. The highest BCUT2D eigenvalue weighted by molar-refractivity contribution is 5.83. The van der Waals surface area contributed by atoms with Crippen molar-refractivity contribution in [3.05, 3.63) is 77.7 Å². The van der Waals surface area contributed by atoms with E-state index in [1.54, 1.807) is 18.3 Å². The van der Waals surface area contributed by atoms with Gasteiger partial charge in [0.15, 0.2) is 5.96 Å². The number of nitrogens with one attached hydrogen (secondary N) is 2. The zero-order valence-corrected chi connectivity index (χ0v) is 14.2. The molecule has 0 unspecified atom stereocenters. The Labute approximate surface area is 146 Å². The number of rotatable bonds is 5. The van der Waals surface area contributed by atoms with Gasteiger partial charge >= 0.3 is 0 Å². The zero-order valence-electron chi connectivity index (χ0n) is 14.2. The quantitative estimate of drug-likeness (QED) is 0.552. The molecule has 0 aliphatic rings. The molecular weight excluding hydrogens is 315 g/mol. The van der Waals surface area contributed by atoms with Gasteiger partial charge in [-0.2, -0.15) is 0 Å². The Morgan fingerprint density at radius 1 is 1.00 bits per heavy atom. The number of aliphatic imine (C=N–C) groups is 1. The van der Waals surface area contributed by atoms with E-state index in [-0.39, 0.29) is 5.82 Å². The average Bonchev–Trinajstić information content (AvgIpc) is 2.65. The number of hydrogen-bond acceptors (Lipinski definition) is 2. The largest absolute Gasteiger partial charge is 0.357 e. The standard InChI is InChI=1S/C20H21FN4/c1-2-22-20(25-14-16-7-3-5-9-18(16)21)24-13-15-11-12-23-19-10-6-4-8-17(15)19/h3-12H,2,13-14H2,1H3,(H2,22,24,25). The summed E-state index contributed by atoms with van der Waals surface area (Å²) in [7, 11) is 0. The topological polar surface area (TPSA) is 49.3 Å². The monoisotopic (exact) mass is 336 g/mol. The number of para-hydroxylation sites is 1. The Balaban J connectivity index is 1.74. The molecule has 4 nitrogen and oxygen atoms in total. The lowest BCUT2D eigenvalue weighted by Gasteiger charge is -2.12. The molecule has 1 heterocycles. The highest BCUT2D eigenvalue weighted by atomic mass is 19.1. The van der Waals surface area contributed by atoms with Crippen LogP contribution in [0.15, 0.2) is 65.8 Å². The van der Waals surface area contributed by atoms with Crippen LogP contribution in [-0.2, 0) is 13.1 Å². The number of nitrogens with zero attached hydrogens (tertiary/aromatic N) is 2. The molecule has 0 spiro atoms. The van der Waals surface area contributed by atoms with E-state index >= 15 is 0 Å². The minimum absolute atomic E-state index is 0.217. The first-order valence-corrected chi connectivity index (χ1v) is 8.36. The van der Waals surface area contributed by atoms with E-state index in [1.807, 2.05) is 43.3 Å². The van der Waals surface area contributed by atoms with Crippen molar-refractivity contribution in [1.82, 2.24) is 15.6 Å². The number of benzene rings is 2. The van der Waals surface area contributed by atoms with Crippen LogP contribution >= 0.6 is 0 Å². The summed E-state index contributed by atoms with van der Waals surface area (Å²) in [5, 5.41) is 7.47. The van der Waals surface area contributed by atoms with Gasteiger partial charge in [0.05, 0.1) is 12.1 Å². The van der Waals surface area contributed by atoms with E-state index in [0.717, 1.165) is 23.0 Å². The van der Waals surface area contributed by atoms with E-state index < -0.39 is 0 Å². The summed E-state index contributed by atoms with van der Waals surface area (Å²) in [5.74, 6) is 0.442. The predicted molar refractivity (Wildman–Crippen MR) is 99.8 cm³/mol. The molecule has 128 valence electrons. The van der Waals surface area contributed by atoms with E-state index in [1.165, 1.54) is 6.07 Å². The molecule has 25 heavy (non-hydrogen) atoms. The van der Waals surface area contributed by atoms with Crippen LogP contribution in [0.1, 0.15) is 18.1 Å². The second-order valence-corrected chi connectivity index (χ2v) is 5.63. The Morgan fingerprint density at radius 3 is 2.64 bits per heavy atom. The molecule has 0 aliphatic carbocycles. The Morgan fingerprint density at radius 2 is 1.80 bits per heavy atom. The lowest BCUT2D eigenvalue weighted by Crippen LogP contribution is -2.37. The molecule has 0 amide bonds. The summed E-state index contributed by atoms with van der Waals surface area (Å²) in [6, 6.07) is 16.7. The van der Waals surface area contributed by atoms with Gasteiger partial charge in [-0.25, -0.2) is 9.38 Å². The molecule has 1 aromatic heterocycles. The van der Waals surface area contributed by atoms with E-state index in [4.69, 9.17) is 0 Å². The SMILES string of the molecule is CCNC(=NCc1ccnc2ccccc12)NCc1ccccc1F. The van der Waals surface area contributed by atoms with Crippen molar-refractivity contribution in [2.45, 2.75) is 20.0 Å². The van der Waals surface area contributed by atoms with Crippen molar-refractivity contribution in [1.29, 1.82) is 0 Å². The fourth-order valence-electron chi connectivity index (χ4n) is 2.62. The molecule has 0 radical (unpaired) electrons. The fourth-order valence-corrected chi connectivity index (χ4v) is 2.62. The van der Waals surface area contributed by atoms with Crippen LogP contribution in [0.2, 0.25) is 0 Å². The highest BCUT2D eigenvalue weighted by Crippen LogP contribution is 2.16. The minimum Gasteiger partial charge on any atom is -0.357 e. The molecule has 5 heteroatoms. The molecule has 3 rings (SSSR count). The van der Waals surface area contributed by atoms with Gasteiger partial charge < -0.3 is 10.6 Å². The molecule has 2 N–H and O–H groups in total. The van der Waals surface area contributed by atoms with Crippen LogP contribution in [0, 0.1) is 5.82 Å². The Bertz CT molecular complexity index is 871. The second kappa shape index (κ2) is 8.24. The number of fused-ring (bicyclic) bond motifs is 1. The molecule has 0 saturated heterocycles. The van der Waals surface area contributed by atoms with Crippen LogP contribution in [0.5, 0.6) is 0 Å². The molecule has 0 saturated carbocycles. The molecule has 2 aromatic carbocycles. The first-order valence-electron chi connectivity index (χ1n) is 8.36. The molecule has 3 aromatic rings. The van der Waals surface area contributed by atoms with Gasteiger partial charge in [0, 0.05) is 30.2 Å². The van der Waals surface area contributed by atoms with Crippen molar-refractivity contribution in [2.75, 3.05) is 6.54 Å². The van der Waals surface area contributed by atoms with E-state index in [2.05, 4.69) is 20.6 Å². The smallest absolute Gasteiger partial charge is 0.191 e. The number of halogens is 1. The molecule has 0 atom stereocenters. The summed E-state index contributed by atoms with van der Waals surface area (Å²) >= 11 is 0. The van der Waals surface area contributed by atoms with Gasteiger partial charge in [0.1, 0.15) is 5.82 Å². The summed E-state index contributed by atoms with van der Waals surface area (Å²) in [4.78, 5) is 8.99. The van der Waals surface area contributed by atoms with Crippen molar-refractivity contribution in [3.63, 3.8) is 0 Å². The lowest BCUT2D eigenvalue weighted by molar-refractivity contribution is 0.604. The molecule has 0 aliphatic heterocycles. The summed E-state index contributed by atoms with van der Waals surface area (Å²) in [5.41, 5.74) is 2.68. The first kappa shape index (κ1) is 16.9. The first-order chi connectivity index (χ1) is 12.3. The summed E-state index contributed by atoms with van der Waals surface area (Å²) in [6.07, 6.45) is 1.80. The van der Waals surface area contributed by atoms with Crippen LogP contribution in [0.3, 0.4) is 0 Å². The van der Waals surface area contributed by atoms with Crippen molar-refractivity contribution in [3.8, 4) is 0 Å². The second-order valence-electron chi connectivity index (χ2n) is 5.63. The van der Waals surface area contributed by atoms with Crippen molar-refractivity contribution < 1.29 is 4.39 Å². The van der Waals surface area contributed by atoms with Gasteiger partial charge in [0.2, 0.25) is 0 Å². The van der Waals surface area contributed by atoms with E-state index in [0.29, 0.717) is 24.6 Å². The summed E-state index contributed by atoms with van der Waals surface area (Å²) in [6.45, 7) is 3.65. The predicted octanol–water partition coefficient (Wildman–Crippen LogP) is 3.63. The Hall–Kier alpha value is -2.95. The number of hydrogen-bond donors (Lipinski definition) is 2. The van der Waals surface area contributed by atoms with Gasteiger partial charge in [-0.05, 0) is 30.7 Å². The lowest BCUT2D eigenvalue weighted by atomic mass is 10.1. The van der Waals surface area contributed by atoms with Crippen molar-refractivity contribution >= 4 is 16.9 Å². The molecular formula is C20H21FN4. The number of pyridine rings is 1. The number of aromatic nitrogens is 1. The minimum atomic E-state index is -0.217. The third-order valence-electron chi connectivity index (χ3n) is 3.90. The van der Waals surface area contributed by atoms with Gasteiger partial charge in [-0.1, -0.05) is 36.4 Å². The highest BCUT2D eigenvalue weighted by Gasteiger charge is 2.04. The maximum Gasteiger partial charge on any atom is 0.191 e. The summed E-state index contributed by atoms with van der Waals surface area (Å²) < 4.78 is 13.7. The Kier molecular flexibility index (Phi) is 5.57. The van der Waals surface area contributed by atoms with Crippen LogP contribution in [-0.4, -0.2) is 17.5 Å². The van der Waals surface area contributed by atoms with Crippen LogP contribution in [0.25, 0.3) is 10.9 Å². The van der Waals surface area contributed by atoms with E-state index in [9.17, 15) is 4.39 Å². The average molecular weight is 336 g/mol. The third-order valence-corrected chi connectivity index (χ3v) is 3.90. The van der Waals surface area contributed by atoms with Crippen LogP contribution in [0.4, 0.5) is 4.39 Å². The van der Waals surface area contributed by atoms with Gasteiger partial charge in [-0.3, -0.25) is 4.98 Å². The maximum atomic E-state index is 13.7. The fraction of sp³-hybridized carbons (Fsp3) is 0.200.